The number of carbonyl (C=O) groups is 1. The highest BCUT2D eigenvalue weighted by Crippen LogP contribution is 2.18. The van der Waals surface area contributed by atoms with Crippen LogP contribution in [0.2, 0.25) is 0 Å². The number of fused-ring (bicyclic) bond motifs is 1. The van der Waals surface area contributed by atoms with E-state index in [1.54, 1.807) is 12.1 Å². The lowest BCUT2D eigenvalue weighted by molar-refractivity contribution is 0.0942. The minimum atomic E-state index is -0.102. The van der Waals surface area contributed by atoms with Crippen LogP contribution < -0.4 is 5.32 Å². The van der Waals surface area contributed by atoms with E-state index >= 15 is 0 Å². The summed E-state index contributed by atoms with van der Waals surface area (Å²) in [6, 6.07) is 15.7. The first-order valence-corrected chi connectivity index (χ1v) is 8.70. The van der Waals surface area contributed by atoms with Crippen LogP contribution in [-0.4, -0.2) is 41.4 Å². The van der Waals surface area contributed by atoms with E-state index in [2.05, 4.69) is 32.3 Å². The fraction of sp³-hybridized carbons (Fsp3) is 0.286. The summed E-state index contributed by atoms with van der Waals surface area (Å²) >= 11 is 0. The lowest BCUT2D eigenvalue weighted by atomic mass is 10.1. The summed E-state index contributed by atoms with van der Waals surface area (Å²) in [5.41, 5.74) is 5.11. The average Bonchev–Trinajstić information content (AvgIpc) is 2.63. The van der Waals surface area contributed by atoms with Crippen molar-refractivity contribution < 1.29 is 4.79 Å². The van der Waals surface area contributed by atoms with E-state index in [9.17, 15) is 4.79 Å². The highest BCUT2D eigenvalue weighted by Gasteiger charge is 2.16. The molecule has 0 aliphatic rings. The second-order valence-corrected chi connectivity index (χ2v) is 6.70. The van der Waals surface area contributed by atoms with Crippen molar-refractivity contribution in [1.82, 2.24) is 20.2 Å². The summed E-state index contributed by atoms with van der Waals surface area (Å²) in [6.45, 7) is 4.40. The molecule has 1 heterocycles. The molecular formula is C21H24N4O. The Morgan fingerprint density at radius 1 is 1.00 bits per heavy atom. The maximum atomic E-state index is 12.6. The van der Waals surface area contributed by atoms with Gasteiger partial charge in [0.25, 0.3) is 5.91 Å². The number of hydrogen-bond acceptors (Lipinski definition) is 4. The predicted molar refractivity (Wildman–Crippen MR) is 104 cm³/mol. The Kier molecular flexibility index (Phi) is 5.28. The number of nitrogens with zero attached hydrogens (tertiary/aromatic N) is 3. The highest BCUT2D eigenvalue weighted by atomic mass is 16.1. The summed E-state index contributed by atoms with van der Waals surface area (Å²) < 4.78 is 0. The van der Waals surface area contributed by atoms with Crippen LogP contribution in [0, 0.1) is 13.8 Å². The van der Waals surface area contributed by atoms with Gasteiger partial charge in [-0.15, -0.1) is 0 Å². The normalized spacial score (nSPS) is 12.3. The molecule has 0 radical (unpaired) electrons. The molecule has 0 fully saturated rings. The molecule has 3 rings (SSSR count). The van der Waals surface area contributed by atoms with Gasteiger partial charge in [0.2, 0.25) is 0 Å². The summed E-state index contributed by atoms with van der Waals surface area (Å²) in [6.07, 6.45) is 0. The molecule has 0 saturated carbocycles. The lowest BCUT2D eigenvalue weighted by Crippen LogP contribution is -2.34. The van der Waals surface area contributed by atoms with Crippen molar-refractivity contribution in [3.8, 4) is 0 Å². The first-order chi connectivity index (χ1) is 12.5. The van der Waals surface area contributed by atoms with Gasteiger partial charge in [-0.1, -0.05) is 30.3 Å². The van der Waals surface area contributed by atoms with Gasteiger partial charge in [0.1, 0.15) is 0 Å². The van der Waals surface area contributed by atoms with Crippen molar-refractivity contribution in [3.05, 3.63) is 71.0 Å². The number of aryl methyl sites for hydroxylation is 2. The minimum absolute atomic E-state index is 0.102. The van der Waals surface area contributed by atoms with Crippen molar-refractivity contribution in [2.75, 3.05) is 20.6 Å². The zero-order valence-corrected chi connectivity index (χ0v) is 15.7. The van der Waals surface area contributed by atoms with Crippen molar-refractivity contribution in [2.24, 2.45) is 0 Å². The fourth-order valence-corrected chi connectivity index (χ4v) is 2.94. The number of benzene rings is 2. The smallest absolute Gasteiger partial charge is 0.251 e. The van der Waals surface area contributed by atoms with Crippen LogP contribution in [0.4, 0.5) is 0 Å². The number of aromatic nitrogens is 2. The third-order valence-electron chi connectivity index (χ3n) is 4.60. The van der Waals surface area contributed by atoms with Crippen LogP contribution in [0.3, 0.4) is 0 Å². The molecule has 2 aromatic carbocycles. The van der Waals surface area contributed by atoms with Gasteiger partial charge in [-0.05, 0) is 51.7 Å². The largest absolute Gasteiger partial charge is 0.350 e. The van der Waals surface area contributed by atoms with E-state index < -0.39 is 0 Å². The lowest BCUT2D eigenvalue weighted by Gasteiger charge is -2.25. The maximum Gasteiger partial charge on any atom is 0.251 e. The van der Waals surface area contributed by atoms with Gasteiger partial charge >= 0.3 is 0 Å². The molecule has 0 saturated heterocycles. The zero-order valence-electron chi connectivity index (χ0n) is 15.7. The molecule has 134 valence electrons. The molecule has 1 atom stereocenters. The van der Waals surface area contributed by atoms with Crippen molar-refractivity contribution in [2.45, 2.75) is 19.9 Å². The van der Waals surface area contributed by atoms with E-state index in [1.165, 1.54) is 5.56 Å². The number of hydrogen-bond donors (Lipinski definition) is 1. The van der Waals surface area contributed by atoms with Gasteiger partial charge in [0.15, 0.2) is 0 Å². The van der Waals surface area contributed by atoms with E-state index in [-0.39, 0.29) is 11.9 Å². The van der Waals surface area contributed by atoms with Gasteiger partial charge in [-0.2, -0.15) is 0 Å². The van der Waals surface area contributed by atoms with E-state index in [1.807, 2.05) is 52.2 Å². The Hall–Kier alpha value is -2.79. The molecule has 0 spiro atoms. The maximum absolute atomic E-state index is 12.6. The Balaban J connectivity index is 1.77. The van der Waals surface area contributed by atoms with E-state index in [0.717, 1.165) is 22.4 Å². The van der Waals surface area contributed by atoms with Gasteiger partial charge in [-0.3, -0.25) is 4.79 Å². The molecule has 0 bridgehead atoms. The highest BCUT2D eigenvalue weighted by molar-refractivity contribution is 5.97. The number of rotatable bonds is 5. The Morgan fingerprint density at radius 3 is 2.31 bits per heavy atom. The minimum Gasteiger partial charge on any atom is -0.350 e. The quantitative estimate of drug-likeness (QED) is 0.769. The molecule has 0 aliphatic heterocycles. The first-order valence-electron chi connectivity index (χ1n) is 8.70. The summed E-state index contributed by atoms with van der Waals surface area (Å²) in [4.78, 5) is 23.8. The summed E-state index contributed by atoms with van der Waals surface area (Å²) in [5.74, 6) is -0.102. The molecular weight excluding hydrogens is 324 g/mol. The Labute approximate surface area is 154 Å². The molecule has 3 aromatic rings. The molecule has 1 unspecified atom stereocenters. The van der Waals surface area contributed by atoms with Crippen molar-refractivity contribution in [1.29, 1.82) is 0 Å². The zero-order chi connectivity index (χ0) is 18.7. The molecule has 1 N–H and O–H groups in total. The number of likely N-dealkylation sites (N-methyl/N-ethyl adjacent to an activating group) is 1. The van der Waals surface area contributed by atoms with Crippen molar-refractivity contribution in [3.63, 3.8) is 0 Å². The van der Waals surface area contributed by atoms with Crippen LogP contribution in [0.5, 0.6) is 0 Å². The fourth-order valence-electron chi connectivity index (χ4n) is 2.94. The third kappa shape index (κ3) is 3.89. The topological polar surface area (TPSA) is 58.1 Å². The van der Waals surface area contributed by atoms with E-state index in [4.69, 9.17) is 0 Å². The molecule has 1 amide bonds. The SMILES string of the molecule is Cc1nc2ccc(C(=O)NCC(c3ccccc3)N(C)C)cc2nc1C. The van der Waals surface area contributed by atoms with Gasteiger partial charge in [0, 0.05) is 12.1 Å². The summed E-state index contributed by atoms with van der Waals surface area (Å²) in [5, 5.41) is 3.04. The predicted octanol–water partition coefficient (Wildman–Crippen LogP) is 3.28. The van der Waals surface area contributed by atoms with Gasteiger partial charge < -0.3 is 10.2 Å². The van der Waals surface area contributed by atoms with Crippen LogP contribution in [0.25, 0.3) is 11.0 Å². The van der Waals surface area contributed by atoms with Crippen LogP contribution in [-0.2, 0) is 0 Å². The van der Waals surface area contributed by atoms with E-state index in [0.29, 0.717) is 12.1 Å². The number of amides is 1. The number of carbonyl (C=O) groups excluding carboxylic acids is 1. The second kappa shape index (κ2) is 7.62. The summed E-state index contributed by atoms with van der Waals surface area (Å²) in [7, 11) is 4.03. The van der Waals surface area contributed by atoms with Crippen LogP contribution in [0.15, 0.2) is 48.5 Å². The second-order valence-electron chi connectivity index (χ2n) is 6.70. The Bertz CT molecular complexity index is 922. The Morgan fingerprint density at radius 2 is 1.65 bits per heavy atom. The van der Waals surface area contributed by atoms with Gasteiger partial charge in [-0.25, -0.2) is 9.97 Å². The molecule has 1 aromatic heterocycles. The molecule has 5 heteroatoms. The third-order valence-corrected chi connectivity index (χ3v) is 4.60. The average molecular weight is 348 g/mol. The number of nitrogens with one attached hydrogen (secondary N) is 1. The van der Waals surface area contributed by atoms with Crippen molar-refractivity contribution >= 4 is 16.9 Å². The molecule has 0 aliphatic carbocycles. The standard InChI is InChI=1S/C21H24N4O/c1-14-15(2)24-19-12-17(10-11-18(19)23-14)21(26)22-13-20(25(3)4)16-8-6-5-7-9-16/h5-12,20H,13H2,1-4H3,(H,22,26). The van der Waals surface area contributed by atoms with Crippen LogP contribution >= 0.6 is 0 Å². The van der Waals surface area contributed by atoms with Gasteiger partial charge in [0.05, 0.1) is 28.5 Å². The first kappa shape index (κ1) is 18.0. The molecule has 5 nitrogen and oxygen atoms in total. The van der Waals surface area contributed by atoms with Crippen LogP contribution in [0.1, 0.15) is 33.4 Å². The molecule has 26 heavy (non-hydrogen) atoms. The monoisotopic (exact) mass is 348 g/mol.